The number of ketones is 1. The Labute approximate surface area is 132 Å². The van der Waals surface area contributed by atoms with Crippen molar-refractivity contribution >= 4 is 17.7 Å². The molecule has 0 spiro atoms. The van der Waals surface area contributed by atoms with Crippen molar-refractivity contribution in [3.05, 3.63) is 0 Å². The molecule has 1 rings (SSSR count). The van der Waals surface area contributed by atoms with Crippen LogP contribution < -0.4 is 5.32 Å². The molecule has 1 fully saturated rings. The quantitative estimate of drug-likeness (QED) is 0.722. The number of hydrogen-bond acceptors (Lipinski definition) is 3. The SMILES string of the molecule is CC(CCC(=O)NC[C@H]1CC[C@H](C(=O)C(C)C)CC1)C(=O)O. The van der Waals surface area contributed by atoms with Crippen LogP contribution in [0.1, 0.15) is 59.3 Å². The highest BCUT2D eigenvalue weighted by molar-refractivity contribution is 5.82. The van der Waals surface area contributed by atoms with Crippen molar-refractivity contribution in [1.29, 1.82) is 0 Å². The summed E-state index contributed by atoms with van der Waals surface area (Å²) in [5.74, 6) is -0.305. The summed E-state index contributed by atoms with van der Waals surface area (Å²) in [5, 5.41) is 11.7. The highest BCUT2D eigenvalue weighted by Gasteiger charge is 2.27. The van der Waals surface area contributed by atoms with E-state index in [-0.39, 0.29) is 24.2 Å². The highest BCUT2D eigenvalue weighted by Crippen LogP contribution is 2.30. The lowest BCUT2D eigenvalue weighted by Gasteiger charge is -2.28. The molecule has 0 aromatic heterocycles. The number of hydrogen-bond donors (Lipinski definition) is 2. The molecule has 126 valence electrons. The van der Waals surface area contributed by atoms with Crippen LogP contribution in [0.25, 0.3) is 0 Å². The molecular formula is C17H29NO4. The first-order chi connectivity index (χ1) is 10.3. The Bertz CT molecular complexity index is 397. The van der Waals surface area contributed by atoms with Crippen molar-refractivity contribution in [2.75, 3.05) is 6.54 Å². The van der Waals surface area contributed by atoms with Crippen LogP contribution in [-0.4, -0.2) is 29.3 Å². The number of carboxylic acid groups (broad SMARTS) is 1. The number of nitrogens with one attached hydrogen (secondary N) is 1. The first-order valence-corrected chi connectivity index (χ1v) is 8.34. The zero-order valence-corrected chi connectivity index (χ0v) is 13.9. The molecule has 0 aromatic rings. The van der Waals surface area contributed by atoms with Gasteiger partial charge in [-0.3, -0.25) is 14.4 Å². The fraction of sp³-hybridized carbons (Fsp3) is 0.824. The van der Waals surface area contributed by atoms with Gasteiger partial charge in [0.2, 0.25) is 5.91 Å². The van der Waals surface area contributed by atoms with E-state index in [0.717, 1.165) is 25.7 Å². The second-order valence-corrected chi connectivity index (χ2v) is 6.86. The van der Waals surface area contributed by atoms with Gasteiger partial charge in [-0.15, -0.1) is 0 Å². The smallest absolute Gasteiger partial charge is 0.306 e. The molecular weight excluding hydrogens is 282 g/mol. The van der Waals surface area contributed by atoms with E-state index < -0.39 is 11.9 Å². The van der Waals surface area contributed by atoms with Crippen molar-refractivity contribution < 1.29 is 19.5 Å². The zero-order chi connectivity index (χ0) is 16.7. The van der Waals surface area contributed by atoms with Crippen LogP contribution in [0.15, 0.2) is 0 Å². The molecule has 1 aliphatic rings. The van der Waals surface area contributed by atoms with Gasteiger partial charge in [-0.25, -0.2) is 0 Å². The Kier molecular flexibility index (Phi) is 7.56. The maximum Gasteiger partial charge on any atom is 0.306 e. The van der Waals surface area contributed by atoms with Gasteiger partial charge in [0, 0.05) is 24.8 Å². The molecule has 1 aliphatic carbocycles. The lowest BCUT2D eigenvalue weighted by molar-refractivity contribution is -0.141. The number of carboxylic acids is 1. The van der Waals surface area contributed by atoms with Crippen LogP contribution in [0.2, 0.25) is 0 Å². The predicted molar refractivity (Wildman–Crippen MR) is 84.3 cm³/mol. The molecule has 0 aromatic carbocycles. The fourth-order valence-corrected chi connectivity index (χ4v) is 2.94. The summed E-state index contributed by atoms with van der Waals surface area (Å²) in [6.07, 6.45) is 4.44. The molecule has 0 aliphatic heterocycles. The van der Waals surface area contributed by atoms with E-state index in [0.29, 0.717) is 24.7 Å². The van der Waals surface area contributed by atoms with Gasteiger partial charge < -0.3 is 10.4 Å². The van der Waals surface area contributed by atoms with Gasteiger partial charge in [-0.1, -0.05) is 20.8 Å². The molecule has 5 heteroatoms. The monoisotopic (exact) mass is 311 g/mol. The number of rotatable bonds is 8. The van der Waals surface area contributed by atoms with E-state index in [4.69, 9.17) is 5.11 Å². The molecule has 2 N–H and O–H groups in total. The first kappa shape index (κ1) is 18.7. The van der Waals surface area contributed by atoms with Gasteiger partial charge >= 0.3 is 5.97 Å². The summed E-state index contributed by atoms with van der Waals surface area (Å²) in [4.78, 5) is 34.4. The van der Waals surface area contributed by atoms with Gasteiger partial charge in [0.1, 0.15) is 5.78 Å². The van der Waals surface area contributed by atoms with Crippen molar-refractivity contribution in [2.45, 2.75) is 59.3 Å². The number of aliphatic carboxylic acids is 1. The van der Waals surface area contributed by atoms with Gasteiger partial charge in [0.25, 0.3) is 0 Å². The summed E-state index contributed by atoms with van der Waals surface area (Å²) >= 11 is 0. The van der Waals surface area contributed by atoms with Gasteiger partial charge in [-0.05, 0) is 38.0 Å². The minimum atomic E-state index is -0.860. The molecule has 0 radical (unpaired) electrons. The Hall–Kier alpha value is -1.39. The number of carbonyl (C=O) groups excluding carboxylic acids is 2. The normalized spacial score (nSPS) is 23.1. The average Bonchev–Trinajstić information content (AvgIpc) is 2.50. The van der Waals surface area contributed by atoms with Crippen LogP contribution in [0.5, 0.6) is 0 Å². The third-order valence-corrected chi connectivity index (χ3v) is 4.63. The Morgan fingerprint density at radius 1 is 1.09 bits per heavy atom. The van der Waals surface area contributed by atoms with Crippen molar-refractivity contribution in [1.82, 2.24) is 5.32 Å². The molecule has 1 amide bonds. The second-order valence-electron chi connectivity index (χ2n) is 6.86. The summed E-state index contributed by atoms with van der Waals surface area (Å²) < 4.78 is 0. The highest BCUT2D eigenvalue weighted by atomic mass is 16.4. The molecule has 0 saturated heterocycles. The van der Waals surface area contributed by atoms with Crippen LogP contribution in [0.4, 0.5) is 0 Å². The van der Waals surface area contributed by atoms with Gasteiger partial charge in [0.05, 0.1) is 5.92 Å². The average molecular weight is 311 g/mol. The number of amides is 1. The third-order valence-electron chi connectivity index (χ3n) is 4.63. The Balaban J connectivity index is 2.20. The Morgan fingerprint density at radius 2 is 1.68 bits per heavy atom. The lowest BCUT2D eigenvalue weighted by Crippen LogP contribution is -2.33. The van der Waals surface area contributed by atoms with Crippen molar-refractivity contribution in [3.63, 3.8) is 0 Å². The molecule has 22 heavy (non-hydrogen) atoms. The zero-order valence-electron chi connectivity index (χ0n) is 13.9. The topological polar surface area (TPSA) is 83.5 Å². The standard InChI is InChI=1S/C17H29NO4/c1-11(2)16(20)14-7-5-13(6-8-14)10-18-15(19)9-4-12(3)17(21)22/h11-14H,4-10H2,1-3H3,(H,18,19)(H,21,22)/t12?,13-,14-. The van der Waals surface area contributed by atoms with E-state index in [1.54, 1.807) is 6.92 Å². The van der Waals surface area contributed by atoms with Gasteiger partial charge in [0.15, 0.2) is 0 Å². The number of carbonyl (C=O) groups is 3. The maximum absolute atomic E-state index is 12.0. The summed E-state index contributed by atoms with van der Waals surface area (Å²) in [7, 11) is 0. The van der Waals surface area contributed by atoms with Gasteiger partial charge in [-0.2, -0.15) is 0 Å². The molecule has 0 heterocycles. The van der Waals surface area contributed by atoms with Crippen LogP contribution in [0.3, 0.4) is 0 Å². The molecule has 5 nitrogen and oxygen atoms in total. The molecule has 1 atom stereocenters. The van der Waals surface area contributed by atoms with Crippen LogP contribution >= 0.6 is 0 Å². The fourth-order valence-electron chi connectivity index (χ4n) is 2.94. The lowest BCUT2D eigenvalue weighted by atomic mass is 9.78. The maximum atomic E-state index is 12.0. The van der Waals surface area contributed by atoms with E-state index >= 15 is 0 Å². The molecule has 1 unspecified atom stereocenters. The molecule has 1 saturated carbocycles. The minimum absolute atomic E-state index is 0.0755. The first-order valence-electron chi connectivity index (χ1n) is 8.34. The Morgan fingerprint density at radius 3 is 2.18 bits per heavy atom. The van der Waals surface area contributed by atoms with E-state index in [2.05, 4.69) is 5.32 Å². The predicted octanol–water partition coefficient (Wildman–Crippen LogP) is 2.64. The third kappa shape index (κ3) is 6.16. The van der Waals surface area contributed by atoms with E-state index in [9.17, 15) is 14.4 Å². The van der Waals surface area contributed by atoms with E-state index in [1.807, 2.05) is 13.8 Å². The van der Waals surface area contributed by atoms with Crippen LogP contribution in [0, 0.1) is 23.7 Å². The number of Topliss-reactive ketones (excluding diaryl/α,β-unsaturated/α-hetero) is 1. The second kappa shape index (κ2) is 8.91. The van der Waals surface area contributed by atoms with Crippen molar-refractivity contribution in [2.24, 2.45) is 23.7 Å². The minimum Gasteiger partial charge on any atom is -0.481 e. The van der Waals surface area contributed by atoms with Crippen LogP contribution in [-0.2, 0) is 14.4 Å². The summed E-state index contributed by atoms with van der Waals surface area (Å²) in [6.45, 7) is 6.16. The van der Waals surface area contributed by atoms with E-state index in [1.165, 1.54) is 0 Å². The largest absolute Gasteiger partial charge is 0.481 e. The van der Waals surface area contributed by atoms with Crippen molar-refractivity contribution in [3.8, 4) is 0 Å². The summed E-state index contributed by atoms with van der Waals surface area (Å²) in [6, 6.07) is 0. The summed E-state index contributed by atoms with van der Waals surface area (Å²) in [5.41, 5.74) is 0. The molecule has 0 bridgehead atoms.